The first kappa shape index (κ1) is 25.8. The van der Waals surface area contributed by atoms with Gasteiger partial charge in [-0.25, -0.2) is 0 Å². The number of benzene rings is 2. The third-order valence-corrected chi connectivity index (χ3v) is 5.90. The molecular formula is C28H38N2O4. The lowest BCUT2D eigenvalue weighted by Crippen LogP contribution is -2.44. The molecule has 1 saturated heterocycles. The number of ketones is 1. The van der Waals surface area contributed by atoms with E-state index in [0.717, 1.165) is 31.8 Å². The first-order chi connectivity index (χ1) is 16.4. The minimum absolute atomic E-state index is 0.0338. The summed E-state index contributed by atoms with van der Waals surface area (Å²) in [6.45, 7) is 9.11. The van der Waals surface area contributed by atoms with Crippen molar-refractivity contribution in [2.45, 2.75) is 65.0 Å². The zero-order valence-electron chi connectivity index (χ0n) is 20.7. The summed E-state index contributed by atoms with van der Waals surface area (Å²) in [6.07, 6.45) is 4.46. The van der Waals surface area contributed by atoms with Crippen LogP contribution in [-0.4, -0.2) is 55.0 Å². The minimum Gasteiger partial charge on any atom is -0.494 e. The standard InChI is InChI=1S/C28H38N2O4/c1-21(2)34-27-12-8-23(9-13-27)19-25(20-30-16-4-5-17-30)29-28(32)7-6-18-33-26-14-10-24(11-15-26)22(3)31/h8-15,21,25H,4-7,16-20H2,1-3H3,(H,29,32). The molecule has 1 heterocycles. The molecule has 0 bridgehead atoms. The fraction of sp³-hybridized carbons (Fsp3) is 0.500. The third-order valence-electron chi connectivity index (χ3n) is 5.90. The van der Waals surface area contributed by atoms with E-state index in [0.29, 0.717) is 30.8 Å². The Balaban J connectivity index is 1.47. The number of amides is 1. The van der Waals surface area contributed by atoms with E-state index in [9.17, 15) is 9.59 Å². The molecule has 1 amide bonds. The Bertz CT molecular complexity index is 903. The van der Waals surface area contributed by atoms with Gasteiger partial charge in [-0.15, -0.1) is 0 Å². The van der Waals surface area contributed by atoms with Crippen molar-refractivity contribution in [1.29, 1.82) is 0 Å². The SMILES string of the molecule is CC(=O)c1ccc(OCCCC(=O)NC(Cc2ccc(OC(C)C)cc2)CN2CCCC2)cc1. The molecule has 0 radical (unpaired) electrons. The van der Waals surface area contributed by atoms with Crippen molar-refractivity contribution in [3.63, 3.8) is 0 Å². The highest BCUT2D eigenvalue weighted by molar-refractivity contribution is 5.94. The lowest BCUT2D eigenvalue weighted by molar-refractivity contribution is -0.122. The van der Waals surface area contributed by atoms with E-state index in [1.54, 1.807) is 31.2 Å². The van der Waals surface area contributed by atoms with Gasteiger partial charge in [0.2, 0.25) is 5.91 Å². The number of hydrogen-bond donors (Lipinski definition) is 1. The Morgan fingerprint density at radius 3 is 2.24 bits per heavy atom. The van der Waals surface area contributed by atoms with Crippen molar-refractivity contribution in [1.82, 2.24) is 10.2 Å². The average Bonchev–Trinajstić information content (AvgIpc) is 3.31. The number of nitrogens with zero attached hydrogens (tertiary/aromatic N) is 1. The van der Waals surface area contributed by atoms with Crippen LogP contribution in [0.25, 0.3) is 0 Å². The molecule has 1 N–H and O–H groups in total. The number of rotatable bonds is 13. The van der Waals surface area contributed by atoms with Crippen LogP contribution in [0, 0.1) is 0 Å². The summed E-state index contributed by atoms with van der Waals surface area (Å²) in [5, 5.41) is 3.25. The van der Waals surface area contributed by atoms with E-state index in [-0.39, 0.29) is 23.8 Å². The van der Waals surface area contributed by atoms with Crippen LogP contribution < -0.4 is 14.8 Å². The molecular weight excluding hydrogens is 428 g/mol. The van der Waals surface area contributed by atoms with Crippen LogP contribution in [0.1, 0.15) is 62.4 Å². The summed E-state index contributed by atoms with van der Waals surface area (Å²) in [7, 11) is 0. The van der Waals surface area contributed by atoms with Crippen LogP contribution >= 0.6 is 0 Å². The number of nitrogens with one attached hydrogen (secondary N) is 1. The lowest BCUT2D eigenvalue weighted by atomic mass is 10.0. The molecule has 1 unspecified atom stereocenters. The largest absolute Gasteiger partial charge is 0.494 e. The molecule has 1 aliphatic heterocycles. The second-order valence-electron chi connectivity index (χ2n) is 9.32. The van der Waals surface area contributed by atoms with Crippen molar-refractivity contribution < 1.29 is 19.1 Å². The van der Waals surface area contributed by atoms with Crippen LogP contribution in [0.4, 0.5) is 0 Å². The summed E-state index contributed by atoms with van der Waals surface area (Å²) in [6, 6.07) is 15.4. The molecule has 6 nitrogen and oxygen atoms in total. The van der Waals surface area contributed by atoms with Crippen molar-refractivity contribution in [2.75, 3.05) is 26.2 Å². The molecule has 1 atom stereocenters. The Morgan fingerprint density at radius 1 is 0.971 bits per heavy atom. The van der Waals surface area contributed by atoms with Crippen LogP contribution in [0.3, 0.4) is 0 Å². The molecule has 34 heavy (non-hydrogen) atoms. The first-order valence-corrected chi connectivity index (χ1v) is 12.4. The van der Waals surface area contributed by atoms with Crippen LogP contribution in [0.2, 0.25) is 0 Å². The molecule has 0 aliphatic carbocycles. The molecule has 0 spiro atoms. The monoisotopic (exact) mass is 466 g/mol. The van der Waals surface area contributed by atoms with Crippen molar-refractivity contribution in [3.05, 3.63) is 59.7 Å². The van der Waals surface area contributed by atoms with Gasteiger partial charge < -0.3 is 19.7 Å². The fourth-order valence-corrected chi connectivity index (χ4v) is 4.21. The maximum Gasteiger partial charge on any atom is 0.220 e. The summed E-state index contributed by atoms with van der Waals surface area (Å²) in [5.74, 6) is 1.67. The van der Waals surface area contributed by atoms with Crippen LogP contribution in [0.15, 0.2) is 48.5 Å². The number of hydrogen-bond acceptors (Lipinski definition) is 5. The summed E-state index contributed by atoms with van der Waals surface area (Å²) >= 11 is 0. The van der Waals surface area contributed by atoms with Crippen molar-refractivity contribution in [2.24, 2.45) is 0 Å². The molecule has 6 heteroatoms. The molecule has 0 aromatic heterocycles. The first-order valence-electron chi connectivity index (χ1n) is 12.4. The Labute approximate surface area is 203 Å². The van der Waals surface area contributed by atoms with Gasteiger partial charge in [0, 0.05) is 24.6 Å². The maximum absolute atomic E-state index is 12.7. The number of likely N-dealkylation sites (tertiary alicyclic amines) is 1. The van der Waals surface area contributed by atoms with Gasteiger partial charge in [0.05, 0.1) is 12.7 Å². The second kappa shape index (κ2) is 13.1. The van der Waals surface area contributed by atoms with Gasteiger partial charge in [-0.2, -0.15) is 0 Å². The molecule has 1 aliphatic rings. The predicted octanol–water partition coefficient (Wildman–Crippen LogP) is 4.66. The van der Waals surface area contributed by atoms with Crippen LogP contribution in [-0.2, 0) is 11.2 Å². The third kappa shape index (κ3) is 8.82. The molecule has 2 aromatic carbocycles. The van der Waals surface area contributed by atoms with Gasteiger partial charge in [-0.1, -0.05) is 12.1 Å². The van der Waals surface area contributed by atoms with E-state index in [4.69, 9.17) is 9.47 Å². The van der Waals surface area contributed by atoms with Gasteiger partial charge in [0.1, 0.15) is 11.5 Å². The predicted molar refractivity (Wildman–Crippen MR) is 135 cm³/mol. The molecule has 0 saturated carbocycles. The highest BCUT2D eigenvalue weighted by Crippen LogP contribution is 2.17. The van der Waals surface area contributed by atoms with E-state index < -0.39 is 0 Å². The summed E-state index contributed by atoms with van der Waals surface area (Å²) in [5.41, 5.74) is 1.86. The van der Waals surface area contributed by atoms with E-state index in [2.05, 4.69) is 22.3 Å². The van der Waals surface area contributed by atoms with Crippen molar-refractivity contribution >= 4 is 11.7 Å². The number of ether oxygens (including phenoxy) is 2. The molecule has 1 fully saturated rings. The smallest absolute Gasteiger partial charge is 0.220 e. The Kier molecular flexibility index (Phi) is 9.95. The summed E-state index contributed by atoms with van der Waals surface area (Å²) in [4.78, 5) is 26.5. The van der Waals surface area contributed by atoms with Gasteiger partial charge in [-0.3, -0.25) is 9.59 Å². The maximum atomic E-state index is 12.7. The Hall–Kier alpha value is -2.86. The molecule has 2 aromatic rings. The molecule has 184 valence electrons. The molecule has 3 rings (SSSR count). The number of Topliss-reactive ketones (excluding diaryl/α,β-unsaturated/α-hetero) is 1. The van der Waals surface area contributed by atoms with E-state index in [1.165, 1.54) is 18.4 Å². The topological polar surface area (TPSA) is 67.9 Å². The van der Waals surface area contributed by atoms with Gasteiger partial charge in [0.15, 0.2) is 5.78 Å². The van der Waals surface area contributed by atoms with E-state index >= 15 is 0 Å². The van der Waals surface area contributed by atoms with E-state index in [1.807, 2.05) is 26.0 Å². The normalized spacial score (nSPS) is 14.7. The highest BCUT2D eigenvalue weighted by atomic mass is 16.5. The zero-order valence-corrected chi connectivity index (χ0v) is 20.7. The Morgan fingerprint density at radius 2 is 1.62 bits per heavy atom. The number of carbonyl (C=O) groups excluding carboxylic acids is 2. The number of carbonyl (C=O) groups is 2. The fourth-order valence-electron chi connectivity index (χ4n) is 4.21. The van der Waals surface area contributed by atoms with Crippen LogP contribution in [0.5, 0.6) is 11.5 Å². The summed E-state index contributed by atoms with van der Waals surface area (Å²) < 4.78 is 11.5. The van der Waals surface area contributed by atoms with Crippen molar-refractivity contribution in [3.8, 4) is 11.5 Å². The minimum atomic E-state index is 0.0338. The zero-order chi connectivity index (χ0) is 24.3. The average molecular weight is 467 g/mol. The van der Waals surface area contributed by atoms with Gasteiger partial charge >= 0.3 is 0 Å². The lowest BCUT2D eigenvalue weighted by Gasteiger charge is -2.25. The highest BCUT2D eigenvalue weighted by Gasteiger charge is 2.20. The quantitative estimate of drug-likeness (QED) is 0.344. The second-order valence-corrected chi connectivity index (χ2v) is 9.32. The van der Waals surface area contributed by atoms with Gasteiger partial charge in [0.25, 0.3) is 0 Å². The van der Waals surface area contributed by atoms with Gasteiger partial charge in [-0.05, 0) is 102 Å².